The van der Waals surface area contributed by atoms with E-state index < -0.39 is 0 Å². The molecule has 0 aromatic carbocycles. The van der Waals surface area contributed by atoms with Crippen LogP contribution in [0.3, 0.4) is 0 Å². The largest absolute Gasteiger partial charge is 0.348 e. The second-order valence-corrected chi connectivity index (χ2v) is 4.72. The molecule has 1 aliphatic carbocycles. The van der Waals surface area contributed by atoms with Gasteiger partial charge in [0, 0.05) is 24.8 Å². The van der Waals surface area contributed by atoms with E-state index in [0.29, 0.717) is 12.1 Å². The molecule has 0 spiro atoms. The van der Waals surface area contributed by atoms with Crippen molar-refractivity contribution in [1.82, 2.24) is 15.5 Å². The number of nitrogens with one attached hydrogen (secondary N) is 1. The summed E-state index contributed by atoms with van der Waals surface area (Å²) in [5.41, 5.74) is 0. The molecule has 1 aromatic rings. The Kier molecular flexibility index (Phi) is 2.74. The molecule has 2 aliphatic rings. The quantitative estimate of drug-likeness (QED) is 0.827. The Labute approximate surface area is 96.1 Å². The first-order valence-corrected chi connectivity index (χ1v) is 6.22. The summed E-state index contributed by atoms with van der Waals surface area (Å²) in [6, 6.07) is 5.38. The molecule has 86 valence electrons. The lowest BCUT2D eigenvalue weighted by atomic mass is 10.1. The first kappa shape index (κ1) is 10.0. The van der Waals surface area contributed by atoms with Crippen LogP contribution in [-0.2, 0) is 0 Å². The molecule has 1 saturated carbocycles. The van der Waals surface area contributed by atoms with Crippen LogP contribution in [0.5, 0.6) is 0 Å². The molecule has 0 bridgehead atoms. The van der Waals surface area contributed by atoms with E-state index in [0.717, 1.165) is 18.9 Å². The second-order valence-electron chi connectivity index (χ2n) is 4.72. The Morgan fingerprint density at radius 2 is 2.19 bits per heavy atom. The zero-order valence-corrected chi connectivity index (χ0v) is 9.47. The van der Waals surface area contributed by atoms with Gasteiger partial charge in [-0.25, -0.2) is 0 Å². The number of nitrogens with zero attached hydrogens (tertiary/aromatic N) is 3. The molecule has 4 nitrogen and oxygen atoms in total. The molecule has 2 fully saturated rings. The smallest absolute Gasteiger partial charge is 0.151 e. The molecule has 1 atom stereocenters. The third kappa shape index (κ3) is 2.02. The first-order valence-electron chi connectivity index (χ1n) is 6.22. The molecule has 1 aliphatic heterocycles. The number of hydrogen-bond donors (Lipinski definition) is 1. The van der Waals surface area contributed by atoms with Crippen molar-refractivity contribution in [2.45, 2.75) is 37.8 Å². The molecule has 0 unspecified atom stereocenters. The third-order valence-electron chi connectivity index (χ3n) is 3.43. The van der Waals surface area contributed by atoms with E-state index in [9.17, 15) is 0 Å². The summed E-state index contributed by atoms with van der Waals surface area (Å²) in [5.74, 6) is 1.05. The summed E-state index contributed by atoms with van der Waals surface area (Å²) in [5, 5.41) is 11.7. The van der Waals surface area contributed by atoms with Crippen LogP contribution in [0.25, 0.3) is 0 Å². The van der Waals surface area contributed by atoms with Crippen molar-refractivity contribution in [2.75, 3.05) is 18.0 Å². The minimum absolute atomic E-state index is 0.609. The van der Waals surface area contributed by atoms with Gasteiger partial charge in [0.1, 0.15) is 0 Å². The summed E-state index contributed by atoms with van der Waals surface area (Å²) in [7, 11) is 0. The number of aromatic nitrogens is 2. The molecule has 1 N–H and O–H groups in total. The lowest BCUT2D eigenvalue weighted by Crippen LogP contribution is -2.47. The highest BCUT2D eigenvalue weighted by Crippen LogP contribution is 2.33. The van der Waals surface area contributed by atoms with Crippen LogP contribution in [0.1, 0.15) is 25.7 Å². The van der Waals surface area contributed by atoms with Gasteiger partial charge in [-0.3, -0.25) is 0 Å². The van der Waals surface area contributed by atoms with E-state index in [4.69, 9.17) is 0 Å². The predicted molar refractivity (Wildman–Crippen MR) is 63.4 cm³/mol. The Bertz CT molecular complexity index is 330. The second kappa shape index (κ2) is 4.37. The van der Waals surface area contributed by atoms with Crippen molar-refractivity contribution in [1.29, 1.82) is 0 Å². The predicted octanol–water partition coefficient (Wildman–Crippen LogP) is 1.20. The molecule has 1 saturated heterocycles. The topological polar surface area (TPSA) is 41.1 Å². The molecule has 0 amide bonds. The molecular formula is C12H18N4. The molecule has 4 heteroatoms. The summed E-state index contributed by atoms with van der Waals surface area (Å²) >= 11 is 0. The molecule has 2 heterocycles. The Morgan fingerprint density at radius 3 is 2.81 bits per heavy atom. The van der Waals surface area contributed by atoms with E-state index in [1.54, 1.807) is 6.20 Å². The van der Waals surface area contributed by atoms with Crippen LogP contribution in [0.15, 0.2) is 18.3 Å². The van der Waals surface area contributed by atoms with E-state index in [-0.39, 0.29) is 0 Å². The van der Waals surface area contributed by atoms with Gasteiger partial charge in [0.25, 0.3) is 0 Å². The summed E-state index contributed by atoms with van der Waals surface area (Å²) in [6.45, 7) is 2.25. The minimum Gasteiger partial charge on any atom is -0.348 e. The van der Waals surface area contributed by atoms with Crippen LogP contribution in [0.4, 0.5) is 5.82 Å². The minimum atomic E-state index is 0.609. The summed E-state index contributed by atoms with van der Waals surface area (Å²) in [4.78, 5) is 2.49. The van der Waals surface area contributed by atoms with Gasteiger partial charge in [-0.05, 0) is 44.4 Å². The Balaban J connectivity index is 1.80. The average Bonchev–Trinajstić information content (AvgIpc) is 3.17. The van der Waals surface area contributed by atoms with E-state index >= 15 is 0 Å². The average molecular weight is 218 g/mol. The normalized spacial score (nSPS) is 25.4. The van der Waals surface area contributed by atoms with Crippen LogP contribution < -0.4 is 10.2 Å². The fraction of sp³-hybridized carbons (Fsp3) is 0.667. The molecule has 0 radical (unpaired) electrons. The van der Waals surface area contributed by atoms with Crippen molar-refractivity contribution in [3.8, 4) is 0 Å². The number of rotatable bonds is 3. The van der Waals surface area contributed by atoms with Crippen molar-refractivity contribution >= 4 is 5.82 Å². The lowest BCUT2D eigenvalue weighted by molar-refractivity contribution is 0.426. The van der Waals surface area contributed by atoms with E-state index in [1.165, 1.54) is 25.7 Å². The van der Waals surface area contributed by atoms with E-state index in [1.807, 2.05) is 6.07 Å². The van der Waals surface area contributed by atoms with Gasteiger partial charge in [0.2, 0.25) is 0 Å². The van der Waals surface area contributed by atoms with Crippen molar-refractivity contribution < 1.29 is 0 Å². The monoisotopic (exact) mass is 218 g/mol. The standard InChI is InChI=1S/C12H18N4/c1-3-11(9-13-7-1)16(10-5-6-10)12-4-2-8-14-15-12/h2,4,8,10-11,13H,1,3,5-7,9H2/t11-/m1/s1. The van der Waals surface area contributed by atoms with Crippen molar-refractivity contribution in [3.63, 3.8) is 0 Å². The van der Waals surface area contributed by atoms with E-state index in [2.05, 4.69) is 26.5 Å². The number of hydrogen-bond acceptors (Lipinski definition) is 4. The van der Waals surface area contributed by atoms with Crippen LogP contribution in [-0.4, -0.2) is 35.4 Å². The maximum absolute atomic E-state index is 4.26. The maximum Gasteiger partial charge on any atom is 0.151 e. The SMILES string of the molecule is c1cnnc(N(C2CC2)[C@@H]2CCCNC2)c1. The van der Waals surface area contributed by atoms with Crippen molar-refractivity contribution in [3.05, 3.63) is 18.3 Å². The highest BCUT2D eigenvalue weighted by atomic mass is 15.3. The third-order valence-corrected chi connectivity index (χ3v) is 3.43. The number of anilines is 1. The van der Waals surface area contributed by atoms with Crippen LogP contribution >= 0.6 is 0 Å². The van der Waals surface area contributed by atoms with Gasteiger partial charge in [-0.1, -0.05) is 0 Å². The molecule has 3 rings (SSSR count). The summed E-state index contributed by atoms with van der Waals surface area (Å²) < 4.78 is 0. The first-order chi connectivity index (χ1) is 7.95. The zero-order chi connectivity index (χ0) is 10.8. The highest BCUT2D eigenvalue weighted by molar-refractivity contribution is 5.41. The van der Waals surface area contributed by atoms with Gasteiger partial charge >= 0.3 is 0 Å². The zero-order valence-electron chi connectivity index (χ0n) is 9.47. The molecular weight excluding hydrogens is 200 g/mol. The highest BCUT2D eigenvalue weighted by Gasteiger charge is 2.35. The fourth-order valence-electron chi connectivity index (χ4n) is 2.53. The van der Waals surface area contributed by atoms with Crippen LogP contribution in [0, 0.1) is 0 Å². The molecule has 16 heavy (non-hydrogen) atoms. The fourth-order valence-corrected chi connectivity index (χ4v) is 2.53. The van der Waals surface area contributed by atoms with Crippen LogP contribution in [0.2, 0.25) is 0 Å². The van der Waals surface area contributed by atoms with Gasteiger partial charge in [0.15, 0.2) is 5.82 Å². The Hall–Kier alpha value is -1.16. The Morgan fingerprint density at radius 1 is 1.25 bits per heavy atom. The van der Waals surface area contributed by atoms with Gasteiger partial charge in [-0.2, -0.15) is 5.10 Å². The van der Waals surface area contributed by atoms with Gasteiger partial charge in [0.05, 0.1) is 0 Å². The van der Waals surface area contributed by atoms with Gasteiger partial charge < -0.3 is 10.2 Å². The maximum atomic E-state index is 4.26. The number of piperidine rings is 1. The molecule has 1 aromatic heterocycles. The summed E-state index contributed by atoms with van der Waals surface area (Å²) in [6.07, 6.45) is 6.92. The van der Waals surface area contributed by atoms with Crippen molar-refractivity contribution in [2.24, 2.45) is 0 Å². The lowest BCUT2D eigenvalue weighted by Gasteiger charge is -2.35. The van der Waals surface area contributed by atoms with Gasteiger partial charge in [-0.15, -0.1) is 5.10 Å².